The highest BCUT2D eigenvalue weighted by Gasteiger charge is 2.20. The van der Waals surface area contributed by atoms with Gasteiger partial charge in [-0.05, 0) is 43.5 Å². The summed E-state index contributed by atoms with van der Waals surface area (Å²) in [5.74, 6) is 0.686. The van der Waals surface area contributed by atoms with E-state index in [-0.39, 0.29) is 6.04 Å². The molecule has 0 aliphatic carbocycles. The van der Waals surface area contributed by atoms with Gasteiger partial charge in [-0.15, -0.1) is 0 Å². The maximum Gasteiger partial charge on any atom is 0.126 e. The summed E-state index contributed by atoms with van der Waals surface area (Å²) >= 11 is 0. The van der Waals surface area contributed by atoms with E-state index in [1.54, 1.807) is 0 Å². The van der Waals surface area contributed by atoms with Crippen molar-refractivity contribution < 1.29 is 0 Å². The first-order chi connectivity index (χ1) is 6.09. The molecule has 2 rings (SSSR count). The molecule has 1 aliphatic heterocycles. The Bertz CT molecular complexity index is 391. The number of fused-ring (bicyclic) bond motifs is 1. The molecule has 1 aromatic rings. The number of rotatable bonds is 0. The molecule has 1 unspecified atom stereocenters. The van der Waals surface area contributed by atoms with Gasteiger partial charge in [0.1, 0.15) is 5.84 Å². The highest BCUT2D eigenvalue weighted by Crippen LogP contribution is 2.29. The van der Waals surface area contributed by atoms with Crippen molar-refractivity contribution in [2.75, 3.05) is 0 Å². The van der Waals surface area contributed by atoms with Crippen molar-refractivity contribution in [2.24, 2.45) is 10.7 Å². The summed E-state index contributed by atoms with van der Waals surface area (Å²) in [6.07, 6.45) is 0. The first kappa shape index (κ1) is 8.30. The van der Waals surface area contributed by atoms with Gasteiger partial charge >= 0.3 is 0 Å². The summed E-state index contributed by atoms with van der Waals surface area (Å²) in [6, 6.07) is 4.56. The third kappa shape index (κ3) is 1.13. The minimum Gasteiger partial charge on any atom is -0.383 e. The Morgan fingerprint density at radius 1 is 1.23 bits per heavy atom. The van der Waals surface area contributed by atoms with Crippen LogP contribution < -0.4 is 5.73 Å². The summed E-state index contributed by atoms with van der Waals surface area (Å²) in [7, 11) is 0. The molecule has 0 saturated carbocycles. The first-order valence-corrected chi connectivity index (χ1v) is 4.54. The zero-order chi connectivity index (χ0) is 9.59. The average molecular weight is 174 g/mol. The highest BCUT2D eigenvalue weighted by molar-refractivity contribution is 6.01. The first-order valence-electron chi connectivity index (χ1n) is 4.54. The van der Waals surface area contributed by atoms with Crippen LogP contribution in [0.4, 0.5) is 0 Å². The molecule has 2 N–H and O–H groups in total. The molecule has 2 heteroatoms. The monoisotopic (exact) mass is 174 g/mol. The van der Waals surface area contributed by atoms with Gasteiger partial charge in [0.15, 0.2) is 0 Å². The third-order valence-corrected chi connectivity index (χ3v) is 2.72. The van der Waals surface area contributed by atoms with Crippen molar-refractivity contribution in [3.05, 3.63) is 34.4 Å². The van der Waals surface area contributed by atoms with Gasteiger partial charge < -0.3 is 5.73 Å². The van der Waals surface area contributed by atoms with Crippen LogP contribution in [0.5, 0.6) is 0 Å². The molecule has 0 fully saturated rings. The number of nitrogens with zero attached hydrogens (tertiary/aromatic N) is 1. The van der Waals surface area contributed by atoms with Gasteiger partial charge in [-0.1, -0.05) is 6.07 Å². The van der Waals surface area contributed by atoms with E-state index in [2.05, 4.69) is 37.9 Å². The van der Waals surface area contributed by atoms with Crippen molar-refractivity contribution in [3.8, 4) is 0 Å². The second-order valence-corrected chi connectivity index (χ2v) is 3.71. The van der Waals surface area contributed by atoms with Crippen LogP contribution in [0.1, 0.15) is 35.2 Å². The van der Waals surface area contributed by atoms with Gasteiger partial charge in [0.25, 0.3) is 0 Å². The molecule has 0 saturated heterocycles. The standard InChI is InChI=1S/C11H14N2/c1-6-4-9-8(3)13-11(12)10(9)5-7(6)2/h4-5,8H,1-3H3,(H2,12,13). The molecule has 0 aromatic heterocycles. The molecular formula is C11H14N2. The smallest absolute Gasteiger partial charge is 0.126 e. The lowest BCUT2D eigenvalue weighted by Gasteiger charge is -2.07. The van der Waals surface area contributed by atoms with E-state index in [0.29, 0.717) is 5.84 Å². The van der Waals surface area contributed by atoms with Crippen LogP contribution in [0.2, 0.25) is 0 Å². The molecule has 1 aromatic carbocycles. The molecule has 1 atom stereocenters. The zero-order valence-electron chi connectivity index (χ0n) is 8.26. The van der Waals surface area contributed by atoms with Crippen LogP contribution in [-0.2, 0) is 0 Å². The molecule has 0 bridgehead atoms. The lowest BCUT2D eigenvalue weighted by Crippen LogP contribution is -2.10. The van der Waals surface area contributed by atoms with Crippen molar-refractivity contribution in [2.45, 2.75) is 26.8 Å². The van der Waals surface area contributed by atoms with Crippen LogP contribution in [0.3, 0.4) is 0 Å². The Balaban J connectivity index is 2.65. The zero-order valence-corrected chi connectivity index (χ0v) is 8.26. The van der Waals surface area contributed by atoms with Crippen LogP contribution in [0, 0.1) is 13.8 Å². The number of amidine groups is 1. The fraction of sp³-hybridized carbons (Fsp3) is 0.364. The minimum atomic E-state index is 0.231. The van der Waals surface area contributed by atoms with E-state index in [1.165, 1.54) is 16.7 Å². The Morgan fingerprint density at radius 2 is 1.85 bits per heavy atom. The summed E-state index contributed by atoms with van der Waals surface area (Å²) < 4.78 is 0. The number of aliphatic imine (C=N–C) groups is 1. The minimum absolute atomic E-state index is 0.231. The SMILES string of the molecule is Cc1cc2c(cc1C)C(C)N=C2N. The third-order valence-electron chi connectivity index (χ3n) is 2.72. The summed E-state index contributed by atoms with van der Waals surface area (Å²) in [6.45, 7) is 6.30. The fourth-order valence-electron chi connectivity index (χ4n) is 1.75. The molecule has 2 nitrogen and oxygen atoms in total. The summed E-state index contributed by atoms with van der Waals surface area (Å²) in [5.41, 5.74) is 10.8. The number of nitrogens with two attached hydrogens (primary N) is 1. The van der Waals surface area contributed by atoms with Gasteiger partial charge in [0, 0.05) is 5.56 Å². The van der Waals surface area contributed by atoms with Gasteiger partial charge in [0.2, 0.25) is 0 Å². The normalized spacial score (nSPS) is 19.9. The lowest BCUT2D eigenvalue weighted by molar-refractivity contribution is 0.839. The van der Waals surface area contributed by atoms with Crippen molar-refractivity contribution in [1.29, 1.82) is 0 Å². The second kappa shape index (κ2) is 2.59. The van der Waals surface area contributed by atoms with Gasteiger partial charge in [0.05, 0.1) is 6.04 Å². The summed E-state index contributed by atoms with van der Waals surface area (Å²) in [5, 5.41) is 0. The largest absolute Gasteiger partial charge is 0.383 e. The molecular weight excluding hydrogens is 160 g/mol. The second-order valence-electron chi connectivity index (χ2n) is 3.71. The van der Waals surface area contributed by atoms with Crippen LogP contribution in [0.25, 0.3) is 0 Å². The Kier molecular flexibility index (Phi) is 1.65. The lowest BCUT2D eigenvalue weighted by atomic mass is 9.98. The van der Waals surface area contributed by atoms with Gasteiger partial charge in [-0.2, -0.15) is 0 Å². The fourth-order valence-corrected chi connectivity index (χ4v) is 1.75. The topological polar surface area (TPSA) is 38.4 Å². The Morgan fingerprint density at radius 3 is 2.54 bits per heavy atom. The van der Waals surface area contributed by atoms with Crippen molar-refractivity contribution in [3.63, 3.8) is 0 Å². The summed E-state index contributed by atoms with van der Waals surface area (Å²) in [4.78, 5) is 4.33. The van der Waals surface area contributed by atoms with Crippen molar-refractivity contribution in [1.82, 2.24) is 0 Å². The molecule has 0 radical (unpaired) electrons. The molecule has 68 valence electrons. The molecule has 1 aliphatic rings. The number of hydrogen-bond acceptors (Lipinski definition) is 2. The predicted octanol–water partition coefficient (Wildman–Crippen LogP) is 2.08. The van der Waals surface area contributed by atoms with E-state index in [4.69, 9.17) is 5.73 Å². The van der Waals surface area contributed by atoms with Gasteiger partial charge in [-0.3, -0.25) is 4.99 Å². The van der Waals surface area contributed by atoms with Crippen LogP contribution in [0.15, 0.2) is 17.1 Å². The molecule has 0 amide bonds. The number of aryl methyl sites for hydroxylation is 2. The maximum atomic E-state index is 5.81. The Hall–Kier alpha value is -1.31. The van der Waals surface area contributed by atoms with E-state index >= 15 is 0 Å². The van der Waals surface area contributed by atoms with E-state index < -0.39 is 0 Å². The Labute approximate surface area is 78.5 Å². The van der Waals surface area contributed by atoms with Gasteiger partial charge in [-0.25, -0.2) is 0 Å². The maximum absolute atomic E-state index is 5.81. The number of hydrogen-bond donors (Lipinski definition) is 1. The van der Waals surface area contributed by atoms with E-state index in [0.717, 1.165) is 5.56 Å². The van der Waals surface area contributed by atoms with E-state index in [9.17, 15) is 0 Å². The van der Waals surface area contributed by atoms with Crippen molar-refractivity contribution >= 4 is 5.84 Å². The molecule has 0 spiro atoms. The predicted molar refractivity (Wildman–Crippen MR) is 55.1 cm³/mol. The molecule has 1 heterocycles. The number of benzene rings is 1. The van der Waals surface area contributed by atoms with E-state index in [1.807, 2.05) is 0 Å². The quantitative estimate of drug-likeness (QED) is 0.642. The van der Waals surface area contributed by atoms with Crippen LogP contribution in [-0.4, -0.2) is 5.84 Å². The molecule has 13 heavy (non-hydrogen) atoms. The van der Waals surface area contributed by atoms with Crippen LogP contribution >= 0.6 is 0 Å². The average Bonchev–Trinajstić information content (AvgIpc) is 2.31. The highest BCUT2D eigenvalue weighted by atomic mass is 14.9.